The van der Waals surface area contributed by atoms with Crippen molar-refractivity contribution >= 4 is 11.4 Å². The molecule has 0 saturated heterocycles. The lowest BCUT2D eigenvalue weighted by atomic mass is 10.0. The fourth-order valence-corrected chi connectivity index (χ4v) is 3.55. The van der Waals surface area contributed by atoms with Crippen LogP contribution < -0.4 is 5.32 Å². The van der Waals surface area contributed by atoms with Crippen LogP contribution in [-0.4, -0.2) is 0 Å². The van der Waals surface area contributed by atoms with Crippen molar-refractivity contribution in [1.29, 1.82) is 5.26 Å². The number of rotatable bonds is 3. The molecular weight excluding hydrogens is 292 g/mol. The molecule has 2 nitrogen and oxygen atoms in total. The number of hydrogen-bond donors (Lipinski definition) is 1. The highest BCUT2D eigenvalue weighted by molar-refractivity contribution is 5.85. The molecule has 3 aromatic rings. The Labute approximate surface area is 142 Å². The molecule has 3 aromatic carbocycles. The van der Waals surface area contributed by atoms with Crippen LogP contribution in [-0.2, 0) is 12.8 Å². The van der Waals surface area contributed by atoms with Gasteiger partial charge in [-0.2, -0.15) is 5.26 Å². The fourth-order valence-electron chi connectivity index (χ4n) is 3.55. The summed E-state index contributed by atoms with van der Waals surface area (Å²) in [6.45, 7) is 2.17. The van der Waals surface area contributed by atoms with Gasteiger partial charge in [0.2, 0.25) is 0 Å². The molecule has 0 bridgehead atoms. The molecular formula is C22H18N2. The van der Waals surface area contributed by atoms with E-state index < -0.39 is 0 Å². The number of nitrogens with one attached hydrogen (secondary N) is 1. The monoisotopic (exact) mass is 310 g/mol. The van der Waals surface area contributed by atoms with E-state index in [1.165, 1.54) is 22.3 Å². The predicted molar refractivity (Wildman–Crippen MR) is 98.5 cm³/mol. The van der Waals surface area contributed by atoms with Crippen molar-refractivity contribution < 1.29 is 0 Å². The molecule has 24 heavy (non-hydrogen) atoms. The molecule has 0 aromatic heterocycles. The highest BCUT2D eigenvalue weighted by Gasteiger charge is 2.23. The van der Waals surface area contributed by atoms with Crippen LogP contribution in [0.1, 0.15) is 29.2 Å². The molecule has 0 spiro atoms. The van der Waals surface area contributed by atoms with Gasteiger partial charge in [-0.15, -0.1) is 0 Å². The van der Waals surface area contributed by atoms with Crippen LogP contribution >= 0.6 is 0 Å². The Morgan fingerprint density at radius 2 is 1.58 bits per heavy atom. The molecule has 1 aliphatic carbocycles. The van der Waals surface area contributed by atoms with Crippen LogP contribution in [0.2, 0.25) is 0 Å². The lowest BCUT2D eigenvalue weighted by molar-refractivity contribution is 1.14. The van der Waals surface area contributed by atoms with Gasteiger partial charge in [0.1, 0.15) is 0 Å². The first-order valence-corrected chi connectivity index (χ1v) is 8.31. The number of aryl methyl sites for hydroxylation is 1. The van der Waals surface area contributed by atoms with E-state index >= 15 is 0 Å². The van der Waals surface area contributed by atoms with Crippen molar-refractivity contribution in [3.8, 4) is 17.2 Å². The second-order valence-electron chi connectivity index (χ2n) is 6.09. The standard InChI is InChI=1S/C22H18N2/c1-2-15-7-3-4-11-21(15)24-22-12-6-10-18-17-9-5-8-16(14-23)19(17)13-20(18)22/h3-12,24H,2,13H2,1H3. The molecule has 1 aliphatic rings. The number of para-hydroxylation sites is 1. The lowest BCUT2D eigenvalue weighted by Gasteiger charge is -2.14. The molecule has 1 N–H and O–H groups in total. The maximum absolute atomic E-state index is 9.39. The lowest BCUT2D eigenvalue weighted by Crippen LogP contribution is -1.98. The zero-order chi connectivity index (χ0) is 16.5. The van der Waals surface area contributed by atoms with E-state index in [2.05, 4.69) is 66.8 Å². The van der Waals surface area contributed by atoms with Crippen molar-refractivity contribution in [2.45, 2.75) is 19.8 Å². The Kier molecular flexibility index (Phi) is 3.55. The number of benzene rings is 3. The van der Waals surface area contributed by atoms with E-state index in [-0.39, 0.29) is 0 Å². The smallest absolute Gasteiger partial charge is 0.0994 e. The molecule has 0 unspecified atom stereocenters. The Bertz CT molecular complexity index is 964. The van der Waals surface area contributed by atoms with E-state index in [1.54, 1.807) is 0 Å². The normalized spacial score (nSPS) is 11.5. The highest BCUT2D eigenvalue weighted by Crippen LogP contribution is 2.42. The summed E-state index contributed by atoms with van der Waals surface area (Å²) in [7, 11) is 0. The second-order valence-corrected chi connectivity index (χ2v) is 6.09. The fraction of sp³-hybridized carbons (Fsp3) is 0.136. The average molecular weight is 310 g/mol. The molecule has 0 aliphatic heterocycles. The van der Waals surface area contributed by atoms with Gasteiger partial charge in [0.25, 0.3) is 0 Å². The highest BCUT2D eigenvalue weighted by atomic mass is 14.9. The molecule has 0 amide bonds. The third kappa shape index (κ3) is 2.26. The van der Waals surface area contributed by atoms with Gasteiger partial charge in [-0.3, -0.25) is 0 Å². The molecule has 0 heterocycles. The van der Waals surface area contributed by atoms with Crippen LogP contribution in [0.25, 0.3) is 11.1 Å². The van der Waals surface area contributed by atoms with Gasteiger partial charge in [0, 0.05) is 17.8 Å². The Morgan fingerprint density at radius 1 is 0.875 bits per heavy atom. The van der Waals surface area contributed by atoms with Crippen LogP contribution in [0.4, 0.5) is 11.4 Å². The van der Waals surface area contributed by atoms with Crippen molar-refractivity contribution in [2.75, 3.05) is 5.32 Å². The Morgan fingerprint density at radius 3 is 2.38 bits per heavy atom. The molecule has 2 heteroatoms. The summed E-state index contributed by atoms with van der Waals surface area (Å²) in [5, 5.41) is 13.0. The first-order chi connectivity index (χ1) is 11.8. The van der Waals surface area contributed by atoms with Gasteiger partial charge in [0.15, 0.2) is 0 Å². The molecule has 0 radical (unpaired) electrons. The van der Waals surface area contributed by atoms with Crippen LogP contribution in [0.15, 0.2) is 60.7 Å². The number of nitriles is 1. The number of fused-ring (bicyclic) bond motifs is 3. The van der Waals surface area contributed by atoms with E-state index in [0.29, 0.717) is 0 Å². The van der Waals surface area contributed by atoms with Gasteiger partial charge in [-0.1, -0.05) is 49.4 Å². The van der Waals surface area contributed by atoms with E-state index in [0.717, 1.165) is 35.3 Å². The summed E-state index contributed by atoms with van der Waals surface area (Å²) in [4.78, 5) is 0. The molecule has 0 saturated carbocycles. The molecule has 116 valence electrons. The predicted octanol–water partition coefficient (Wildman–Crippen LogP) is 5.44. The van der Waals surface area contributed by atoms with Gasteiger partial charge in [-0.05, 0) is 52.4 Å². The van der Waals surface area contributed by atoms with Crippen molar-refractivity contribution in [1.82, 2.24) is 0 Å². The maximum atomic E-state index is 9.39. The Hall–Kier alpha value is -3.05. The van der Waals surface area contributed by atoms with Gasteiger partial charge in [-0.25, -0.2) is 0 Å². The summed E-state index contributed by atoms with van der Waals surface area (Å²) in [5.41, 5.74) is 9.23. The first kappa shape index (κ1) is 14.5. The van der Waals surface area contributed by atoms with E-state index in [9.17, 15) is 5.26 Å². The third-order valence-electron chi connectivity index (χ3n) is 4.78. The molecule has 4 rings (SSSR count). The van der Waals surface area contributed by atoms with Crippen LogP contribution in [0.5, 0.6) is 0 Å². The first-order valence-electron chi connectivity index (χ1n) is 8.31. The van der Waals surface area contributed by atoms with Crippen molar-refractivity contribution in [3.05, 3.63) is 82.9 Å². The zero-order valence-electron chi connectivity index (χ0n) is 13.6. The third-order valence-corrected chi connectivity index (χ3v) is 4.78. The minimum absolute atomic E-state index is 0.781. The van der Waals surface area contributed by atoms with Gasteiger partial charge >= 0.3 is 0 Å². The SMILES string of the molecule is CCc1ccccc1Nc1cccc2c1Cc1c(C#N)cccc1-2. The minimum atomic E-state index is 0.781. The minimum Gasteiger partial charge on any atom is -0.355 e. The van der Waals surface area contributed by atoms with Crippen molar-refractivity contribution in [3.63, 3.8) is 0 Å². The summed E-state index contributed by atoms with van der Waals surface area (Å²) in [5.74, 6) is 0. The van der Waals surface area contributed by atoms with E-state index in [4.69, 9.17) is 0 Å². The maximum Gasteiger partial charge on any atom is 0.0994 e. The van der Waals surface area contributed by atoms with Crippen LogP contribution in [0.3, 0.4) is 0 Å². The van der Waals surface area contributed by atoms with Crippen LogP contribution in [0, 0.1) is 11.3 Å². The topological polar surface area (TPSA) is 35.8 Å². The number of hydrogen-bond acceptors (Lipinski definition) is 2. The zero-order valence-corrected chi connectivity index (χ0v) is 13.6. The van der Waals surface area contributed by atoms with Gasteiger partial charge < -0.3 is 5.32 Å². The summed E-state index contributed by atoms with van der Waals surface area (Å²) in [6, 6.07) is 23.1. The average Bonchev–Trinajstić information content (AvgIpc) is 3.02. The number of nitrogens with zero attached hydrogens (tertiary/aromatic N) is 1. The summed E-state index contributed by atoms with van der Waals surface area (Å²) >= 11 is 0. The quantitative estimate of drug-likeness (QED) is 0.547. The Balaban J connectivity index is 1.79. The summed E-state index contributed by atoms with van der Waals surface area (Å²) < 4.78 is 0. The van der Waals surface area contributed by atoms with E-state index in [1.807, 2.05) is 12.1 Å². The molecule has 0 fully saturated rings. The molecule has 0 atom stereocenters. The van der Waals surface area contributed by atoms with Crippen molar-refractivity contribution in [2.24, 2.45) is 0 Å². The number of anilines is 2. The largest absolute Gasteiger partial charge is 0.355 e. The summed E-state index contributed by atoms with van der Waals surface area (Å²) in [6.07, 6.45) is 1.81. The van der Waals surface area contributed by atoms with Gasteiger partial charge in [0.05, 0.1) is 11.6 Å². The second kappa shape index (κ2) is 5.86.